The van der Waals surface area contributed by atoms with Gasteiger partial charge in [0.2, 0.25) is 5.91 Å². The number of furan rings is 1. The molecule has 0 spiro atoms. The largest absolute Gasteiger partial charge is 0.459 e. The summed E-state index contributed by atoms with van der Waals surface area (Å²) in [6.45, 7) is 0.701. The molecule has 0 saturated carbocycles. The average Bonchev–Trinajstić information content (AvgIpc) is 3.10. The van der Waals surface area contributed by atoms with E-state index in [4.69, 9.17) is 9.68 Å². The maximum absolute atomic E-state index is 12.0. The Morgan fingerprint density at radius 3 is 2.61 bits per heavy atom. The third-order valence-corrected chi connectivity index (χ3v) is 3.30. The van der Waals surface area contributed by atoms with Gasteiger partial charge in [-0.1, -0.05) is 12.1 Å². The summed E-state index contributed by atoms with van der Waals surface area (Å²) in [5.74, 6) is -0.185. The van der Waals surface area contributed by atoms with Crippen molar-refractivity contribution in [2.24, 2.45) is 0 Å². The zero-order valence-electron chi connectivity index (χ0n) is 12.8. The van der Waals surface area contributed by atoms with E-state index < -0.39 is 0 Å². The van der Waals surface area contributed by atoms with Gasteiger partial charge in [0.25, 0.3) is 5.91 Å². The van der Waals surface area contributed by atoms with Crippen molar-refractivity contribution < 1.29 is 14.0 Å². The van der Waals surface area contributed by atoms with E-state index in [2.05, 4.69) is 11.4 Å². The van der Waals surface area contributed by atoms with Crippen LogP contribution in [-0.4, -0.2) is 30.3 Å². The van der Waals surface area contributed by atoms with Crippen LogP contribution in [0.15, 0.2) is 47.1 Å². The highest BCUT2D eigenvalue weighted by Gasteiger charge is 2.12. The van der Waals surface area contributed by atoms with E-state index in [0.717, 1.165) is 5.56 Å². The summed E-state index contributed by atoms with van der Waals surface area (Å²) >= 11 is 0. The molecule has 0 unspecified atom stereocenters. The smallest absolute Gasteiger partial charge is 0.286 e. The second-order valence-corrected chi connectivity index (χ2v) is 5.04. The van der Waals surface area contributed by atoms with Crippen LogP contribution in [0.2, 0.25) is 0 Å². The van der Waals surface area contributed by atoms with E-state index in [-0.39, 0.29) is 30.5 Å². The van der Waals surface area contributed by atoms with Crippen molar-refractivity contribution in [3.8, 4) is 6.07 Å². The molecule has 0 bridgehead atoms. The number of benzene rings is 1. The average molecular weight is 311 g/mol. The first-order chi connectivity index (χ1) is 11.1. The van der Waals surface area contributed by atoms with Crippen LogP contribution in [0, 0.1) is 11.3 Å². The molecule has 0 saturated heterocycles. The minimum Gasteiger partial charge on any atom is -0.459 e. The molecule has 0 aliphatic carbocycles. The van der Waals surface area contributed by atoms with Crippen molar-refractivity contribution in [2.75, 3.05) is 13.6 Å². The summed E-state index contributed by atoms with van der Waals surface area (Å²) < 4.78 is 4.97. The maximum Gasteiger partial charge on any atom is 0.286 e. The van der Waals surface area contributed by atoms with Gasteiger partial charge in [0, 0.05) is 26.6 Å². The van der Waals surface area contributed by atoms with E-state index in [0.29, 0.717) is 12.1 Å². The number of carbonyl (C=O) groups excluding carboxylic acids is 2. The molecule has 23 heavy (non-hydrogen) atoms. The number of hydrogen-bond acceptors (Lipinski definition) is 4. The number of rotatable bonds is 6. The van der Waals surface area contributed by atoms with Gasteiger partial charge in [-0.2, -0.15) is 5.26 Å². The molecular formula is C17H17N3O3. The molecule has 0 fully saturated rings. The second-order valence-electron chi connectivity index (χ2n) is 5.04. The zero-order valence-corrected chi connectivity index (χ0v) is 12.8. The molecule has 0 atom stereocenters. The first-order valence-electron chi connectivity index (χ1n) is 7.15. The van der Waals surface area contributed by atoms with Crippen LogP contribution in [0.3, 0.4) is 0 Å². The minimum absolute atomic E-state index is 0.0749. The van der Waals surface area contributed by atoms with Crippen molar-refractivity contribution in [1.29, 1.82) is 5.26 Å². The van der Waals surface area contributed by atoms with E-state index in [1.807, 2.05) is 12.1 Å². The molecule has 0 aliphatic heterocycles. The third kappa shape index (κ3) is 4.71. The molecular weight excluding hydrogens is 294 g/mol. The Hall–Kier alpha value is -3.07. The summed E-state index contributed by atoms with van der Waals surface area (Å²) in [5.41, 5.74) is 1.53. The summed E-state index contributed by atoms with van der Waals surface area (Å²) in [6, 6.07) is 12.3. The number of carbonyl (C=O) groups is 2. The number of nitrogens with one attached hydrogen (secondary N) is 1. The van der Waals surface area contributed by atoms with Crippen molar-refractivity contribution in [3.63, 3.8) is 0 Å². The van der Waals surface area contributed by atoms with E-state index in [9.17, 15) is 9.59 Å². The third-order valence-electron chi connectivity index (χ3n) is 3.30. The fraction of sp³-hybridized carbons (Fsp3) is 0.235. The summed E-state index contributed by atoms with van der Waals surface area (Å²) in [7, 11) is 1.70. The van der Waals surface area contributed by atoms with Crippen molar-refractivity contribution in [1.82, 2.24) is 10.2 Å². The second kappa shape index (κ2) is 7.80. The zero-order chi connectivity index (χ0) is 16.7. The molecule has 1 aromatic heterocycles. The van der Waals surface area contributed by atoms with Crippen LogP contribution < -0.4 is 5.32 Å². The summed E-state index contributed by atoms with van der Waals surface area (Å²) in [4.78, 5) is 25.3. The predicted octanol–water partition coefficient (Wildman–Crippen LogP) is 1.93. The lowest BCUT2D eigenvalue weighted by atomic mass is 10.1. The van der Waals surface area contributed by atoms with Gasteiger partial charge in [0.15, 0.2) is 5.76 Å². The molecule has 2 aromatic rings. The number of nitrogens with zero attached hydrogens (tertiary/aromatic N) is 2. The Balaban J connectivity index is 1.76. The van der Waals surface area contributed by atoms with Crippen LogP contribution in [-0.2, 0) is 11.3 Å². The van der Waals surface area contributed by atoms with Gasteiger partial charge in [0.05, 0.1) is 17.9 Å². The van der Waals surface area contributed by atoms with Gasteiger partial charge in [-0.15, -0.1) is 0 Å². The lowest BCUT2D eigenvalue weighted by Gasteiger charge is -2.17. The molecule has 6 nitrogen and oxygen atoms in total. The van der Waals surface area contributed by atoms with Crippen molar-refractivity contribution in [3.05, 3.63) is 59.5 Å². The Bertz CT molecular complexity index is 700. The summed E-state index contributed by atoms with van der Waals surface area (Å²) in [5, 5.41) is 11.4. The lowest BCUT2D eigenvalue weighted by molar-refractivity contribution is -0.130. The molecule has 1 heterocycles. The Morgan fingerprint density at radius 2 is 2.00 bits per heavy atom. The first-order valence-corrected chi connectivity index (χ1v) is 7.15. The van der Waals surface area contributed by atoms with E-state index >= 15 is 0 Å². The van der Waals surface area contributed by atoms with E-state index in [1.165, 1.54) is 6.26 Å². The first kappa shape index (κ1) is 16.3. The Morgan fingerprint density at radius 1 is 1.26 bits per heavy atom. The van der Waals surface area contributed by atoms with Crippen LogP contribution in [0.25, 0.3) is 0 Å². The van der Waals surface area contributed by atoms with E-state index in [1.54, 1.807) is 36.2 Å². The molecule has 1 aromatic carbocycles. The fourth-order valence-corrected chi connectivity index (χ4v) is 2.02. The fourth-order valence-electron chi connectivity index (χ4n) is 2.02. The topological polar surface area (TPSA) is 86.3 Å². The maximum atomic E-state index is 12.0. The van der Waals surface area contributed by atoms with Gasteiger partial charge in [-0.25, -0.2) is 0 Å². The monoisotopic (exact) mass is 311 g/mol. The molecule has 0 aliphatic rings. The minimum atomic E-state index is -0.336. The van der Waals surface area contributed by atoms with Crippen LogP contribution in [0.1, 0.15) is 28.1 Å². The molecule has 6 heteroatoms. The molecule has 2 rings (SSSR count). The highest BCUT2D eigenvalue weighted by molar-refractivity contribution is 5.91. The lowest BCUT2D eigenvalue weighted by Crippen LogP contribution is -2.31. The van der Waals surface area contributed by atoms with Gasteiger partial charge in [-0.3, -0.25) is 9.59 Å². The van der Waals surface area contributed by atoms with Gasteiger partial charge >= 0.3 is 0 Å². The van der Waals surface area contributed by atoms with Gasteiger partial charge in [0.1, 0.15) is 0 Å². The van der Waals surface area contributed by atoms with Gasteiger partial charge < -0.3 is 14.6 Å². The van der Waals surface area contributed by atoms with Crippen LogP contribution in [0.5, 0.6) is 0 Å². The van der Waals surface area contributed by atoms with Gasteiger partial charge in [-0.05, 0) is 29.8 Å². The highest BCUT2D eigenvalue weighted by Crippen LogP contribution is 2.07. The number of amides is 2. The standard InChI is InChI=1S/C17H17N3O3/c1-20(12-14-6-4-13(11-18)5-7-14)16(21)8-9-19-17(22)15-3-2-10-23-15/h2-7,10H,8-9,12H2,1H3,(H,19,22). The Labute approximate surface area is 134 Å². The van der Waals surface area contributed by atoms with Crippen LogP contribution in [0.4, 0.5) is 0 Å². The number of hydrogen-bond donors (Lipinski definition) is 1. The SMILES string of the molecule is CN(Cc1ccc(C#N)cc1)C(=O)CCNC(=O)c1ccco1. The van der Waals surface area contributed by atoms with Crippen LogP contribution >= 0.6 is 0 Å². The molecule has 0 radical (unpaired) electrons. The highest BCUT2D eigenvalue weighted by atomic mass is 16.3. The molecule has 118 valence electrons. The quantitative estimate of drug-likeness (QED) is 0.883. The normalized spacial score (nSPS) is 9.91. The number of nitriles is 1. The molecule has 2 amide bonds. The van der Waals surface area contributed by atoms with Crippen molar-refractivity contribution in [2.45, 2.75) is 13.0 Å². The van der Waals surface area contributed by atoms with Crippen molar-refractivity contribution >= 4 is 11.8 Å². The Kier molecular flexibility index (Phi) is 5.53. The summed E-state index contributed by atoms with van der Waals surface area (Å²) in [6.07, 6.45) is 1.63. The molecule has 1 N–H and O–H groups in total. The predicted molar refractivity (Wildman–Crippen MR) is 83.3 cm³/mol.